The molecule has 1 N–H and O–H groups in total. The summed E-state index contributed by atoms with van der Waals surface area (Å²) in [5.74, 6) is 0.810. The fourth-order valence-electron chi connectivity index (χ4n) is 3.54. The molecule has 0 aromatic carbocycles. The molecule has 2 aliphatic rings. The van der Waals surface area contributed by atoms with Gasteiger partial charge in [-0.25, -0.2) is 9.67 Å². The Bertz CT molecular complexity index is 753. The van der Waals surface area contributed by atoms with Crippen molar-refractivity contribution >= 4 is 5.82 Å². The molecule has 0 radical (unpaired) electrons. The first-order chi connectivity index (χ1) is 11.8. The summed E-state index contributed by atoms with van der Waals surface area (Å²) in [6.45, 7) is 1.19. The highest BCUT2D eigenvalue weighted by Crippen LogP contribution is 2.28. The van der Waals surface area contributed by atoms with Gasteiger partial charge >= 0.3 is 0 Å². The molecule has 126 valence electrons. The molecule has 0 atom stereocenters. The Morgan fingerprint density at radius 3 is 2.88 bits per heavy atom. The second-order valence-electron chi connectivity index (χ2n) is 6.44. The van der Waals surface area contributed by atoms with Gasteiger partial charge in [0, 0.05) is 36.5 Å². The number of fused-ring (bicyclic) bond motifs is 1. The molecule has 2 aromatic rings. The molecule has 7 heteroatoms. The molecule has 7 nitrogen and oxygen atoms in total. The molecular formula is C17H21N5O2. The summed E-state index contributed by atoms with van der Waals surface area (Å²) in [7, 11) is 0. The molecule has 0 saturated heterocycles. The molecule has 0 bridgehead atoms. The van der Waals surface area contributed by atoms with Gasteiger partial charge in [-0.15, -0.1) is 0 Å². The lowest BCUT2D eigenvalue weighted by Crippen LogP contribution is -2.35. The van der Waals surface area contributed by atoms with Crippen molar-refractivity contribution in [1.29, 1.82) is 0 Å². The van der Waals surface area contributed by atoms with Gasteiger partial charge in [0.25, 0.3) is 5.56 Å². The van der Waals surface area contributed by atoms with Gasteiger partial charge in [-0.1, -0.05) is 0 Å². The van der Waals surface area contributed by atoms with Crippen LogP contribution in [0.15, 0.2) is 29.5 Å². The van der Waals surface area contributed by atoms with E-state index in [0.29, 0.717) is 19.3 Å². The number of nitrogens with one attached hydrogen (secondary N) is 1. The molecular weight excluding hydrogens is 306 g/mol. The number of hydrogen-bond acceptors (Lipinski definition) is 6. The third kappa shape index (κ3) is 3.17. The van der Waals surface area contributed by atoms with Crippen LogP contribution in [0.1, 0.15) is 43.0 Å². The summed E-state index contributed by atoms with van der Waals surface area (Å²) in [5, 5.41) is 8.05. The van der Waals surface area contributed by atoms with Gasteiger partial charge in [-0.3, -0.25) is 9.78 Å². The van der Waals surface area contributed by atoms with Crippen molar-refractivity contribution in [2.24, 2.45) is 0 Å². The average molecular weight is 327 g/mol. The number of nitrogens with zero attached hydrogens (tertiary/aromatic N) is 4. The van der Waals surface area contributed by atoms with E-state index in [1.807, 2.05) is 0 Å². The van der Waals surface area contributed by atoms with Gasteiger partial charge in [-0.2, -0.15) is 5.10 Å². The summed E-state index contributed by atoms with van der Waals surface area (Å²) in [6, 6.07) is 2.26. The van der Waals surface area contributed by atoms with E-state index in [2.05, 4.69) is 20.4 Å². The van der Waals surface area contributed by atoms with Crippen molar-refractivity contribution in [3.05, 3.63) is 46.3 Å². The molecule has 1 saturated carbocycles. The van der Waals surface area contributed by atoms with E-state index >= 15 is 0 Å². The van der Waals surface area contributed by atoms with Crippen LogP contribution in [0.25, 0.3) is 0 Å². The van der Waals surface area contributed by atoms with Gasteiger partial charge in [0.1, 0.15) is 5.82 Å². The SMILES string of the molecule is O=c1cc2c(nn1C1CCC(Nc3cnccn3)CC1)CCOC2. The maximum Gasteiger partial charge on any atom is 0.267 e. The normalized spacial score (nSPS) is 23.5. The molecule has 1 aliphatic carbocycles. The summed E-state index contributed by atoms with van der Waals surface area (Å²) >= 11 is 0. The Hall–Kier alpha value is -2.28. The second-order valence-corrected chi connectivity index (χ2v) is 6.44. The summed E-state index contributed by atoms with van der Waals surface area (Å²) in [4.78, 5) is 20.7. The highest BCUT2D eigenvalue weighted by molar-refractivity contribution is 5.31. The van der Waals surface area contributed by atoms with Crippen LogP contribution in [0.3, 0.4) is 0 Å². The lowest BCUT2D eigenvalue weighted by Gasteiger charge is -2.30. The van der Waals surface area contributed by atoms with Gasteiger partial charge in [0.2, 0.25) is 0 Å². The van der Waals surface area contributed by atoms with Crippen LogP contribution in [-0.4, -0.2) is 32.4 Å². The monoisotopic (exact) mass is 327 g/mol. The third-order valence-electron chi connectivity index (χ3n) is 4.82. The first-order valence-corrected chi connectivity index (χ1v) is 8.51. The Balaban J connectivity index is 1.43. The van der Waals surface area contributed by atoms with Crippen molar-refractivity contribution in [1.82, 2.24) is 19.7 Å². The highest BCUT2D eigenvalue weighted by Gasteiger charge is 2.25. The van der Waals surface area contributed by atoms with E-state index < -0.39 is 0 Å². The predicted octanol–water partition coefficient (Wildman–Crippen LogP) is 1.70. The minimum absolute atomic E-state index is 0.00964. The minimum atomic E-state index is -0.00964. The van der Waals surface area contributed by atoms with Crippen molar-refractivity contribution in [3.8, 4) is 0 Å². The molecule has 3 heterocycles. The van der Waals surface area contributed by atoms with E-state index in [-0.39, 0.29) is 11.6 Å². The van der Waals surface area contributed by atoms with E-state index in [4.69, 9.17) is 4.74 Å². The van der Waals surface area contributed by atoms with Gasteiger partial charge in [-0.05, 0) is 25.7 Å². The highest BCUT2D eigenvalue weighted by atomic mass is 16.5. The van der Waals surface area contributed by atoms with Crippen LogP contribution in [0.2, 0.25) is 0 Å². The van der Waals surface area contributed by atoms with Crippen molar-refractivity contribution in [2.75, 3.05) is 11.9 Å². The number of ether oxygens (including phenoxy) is 1. The van der Waals surface area contributed by atoms with Crippen molar-refractivity contribution in [3.63, 3.8) is 0 Å². The van der Waals surface area contributed by atoms with Gasteiger partial charge in [0.05, 0.1) is 31.1 Å². The number of aromatic nitrogens is 4. The number of hydrogen-bond donors (Lipinski definition) is 1. The fourth-order valence-corrected chi connectivity index (χ4v) is 3.54. The summed E-state index contributed by atoms with van der Waals surface area (Å²) < 4.78 is 7.10. The first-order valence-electron chi connectivity index (χ1n) is 8.51. The van der Waals surface area contributed by atoms with Crippen LogP contribution in [-0.2, 0) is 17.8 Å². The van der Waals surface area contributed by atoms with E-state index in [1.165, 1.54) is 0 Å². The zero-order valence-corrected chi connectivity index (χ0v) is 13.5. The molecule has 24 heavy (non-hydrogen) atoms. The maximum atomic E-state index is 12.4. The molecule has 2 aromatic heterocycles. The number of rotatable bonds is 3. The van der Waals surface area contributed by atoms with Crippen molar-refractivity contribution in [2.45, 2.75) is 50.8 Å². The molecule has 0 amide bonds. The van der Waals surface area contributed by atoms with Crippen LogP contribution >= 0.6 is 0 Å². The fraction of sp³-hybridized carbons (Fsp3) is 0.529. The standard InChI is InChI=1S/C17H21N5O2/c23-17-9-12-11-24-8-5-15(12)21-22(17)14-3-1-13(2-4-14)20-16-10-18-6-7-19-16/h6-7,9-10,13-14H,1-5,8,11H2,(H,19,20). The Labute approximate surface area is 140 Å². The predicted molar refractivity (Wildman–Crippen MR) is 88.8 cm³/mol. The van der Waals surface area contributed by atoms with Crippen LogP contribution in [0.4, 0.5) is 5.82 Å². The lowest BCUT2D eigenvalue weighted by molar-refractivity contribution is 0.107. The lowest BCUT2D eigenvalue weighted by atomic mass is 9.91. The van der Waals surface area contributed by atoms with Crippen LogP contribution in [0.5, 0.6) is 0 Å². The maximum absolute atomic E-state index is 12.4. The van der Waals surface area contributed by atoms with Crippen LogP contribution in [0, 0.1) is 0 Å². The summed E-state index contributed by atoms with van der Waals surface area (Å²) in [6.07, 6.45) is 9.77. The molecule has 1 fully saturated rings. The second kappa shape index (κ2) is 6.68. The zero-order valence-electron chi connectivity index (χ0n) is 13.5. The van der Waals surface area contributed by atoms with E-state index in [9.17, 15) is 4.79 Å². The minimum Gasteiger partial charge on any atom is -0.376 e. The molecule has 1 aliphatic heterocycles. The van der Waals surface area contributed by atoms with E-state index in [1.54, 1.807) is 29.3 Å². The topological polar surface area (TPSA) is 81.9 Å². The number of anilines is 1. The molecule has 4 rings (SSSR count). The molecule has 0 spiro atoms. The van der Waals surface area contributed by atoms with Gasteiger partial charge < -0.3 is 10.1 Å². The quantitative estimate of drug-likeness (QED) is 0.924. The van der Waals surface area contributed by atoms with Gasteiger partial charge in [0.15, 0.2) is 0 Å². The van der Waals surface area contributed by atoms with E-state index in [0.717, 1.165) is 49.2 Å². The third-order valence-corrected chi connectivity index (χ3v) is 4.82. The Morgan fingerprint density at radius 1 is 1.21 bits per heavy atom. The summed E-state index contributed by atoms with van der Waals surface area (Å²) in [5.41, 5.74) is 1.95. The molecule has 0 unspecified atom stereocenters. The Morgan fingerprint density at radius 2 is 2.08 bits per heavy atom. The Kier molecular flexibility index (Phi) is 4.25. The van der Waals surface area contributed by atoms with Crippen LogP contribution < -0.4 is 10.9 Å². The van der Waals surface area contributed by atoms with Crippen molar-refractivity contribution < 1.29 is 4.74 Å². The average Bonchev–Trinajstić information content (AvgIpc) is 2.63. The zero-order chi connectivity index (χ0) is 16.4. The smallest absolute Gasteiger partial charge is 0.267 e. The largest absolute Gasteiger partial charge is 0.376 e. The first kappa shape index (κ1) is 15.3.